The molecule has 0 bridgehead atoms. The van der Waals surface area contributed by atoms with Gasteiger partial charge in [-0.05, 0) is 48.7 Å². The van der Waals surface area contributed by atoms with Gasteiger partial charge in [-0.15, -0.1) is 0 Å². The van der Waals surface area contributed by atoms with Crippen molar-refractivity contribution in [3.05, 3.63) is 54.1 Å². The molecule has 1 aliphatic heterocycles. The molecule has 8 heteroatoms. The molecule has 0 unspecified atom stereocenters. The number of anilines is 1. The van der Waals surface area contributed by atoms with Crippen LogP contribution in [-0.4, -0.2) is 33.6 Å². The van der Waals surface area contributed by atoms with Gasteiger partial charge < -0.3 is 14.8 Å². The van der Waals surface area contributed by atoms with Crippen molar-refractivity contribution in [2.75, 3.05) is 18.5 Å². The predicted molar refractivity (Wildman–Crippen MR) is 105 cm³/mol. The Morgan fingerprint density at radius 2 is 1.71 bits per heavy atom. The van der Waals surface area contributed by atoms with Crippen molar-refractivity contribution in [2.45, 2.75) is 23.8 Å². The molecule has 1 amide bonds. The highest BCUT2D eigenvalue weighted by Crippen LogP contribution is 2.32. The third-order valence-corrected chi connectivity index (χ3v) is 5.86. The van der Waals surface area contributed by atoms with Crippen LogP contribution in [-0.2, 0) is 14.8 Å². The first-order valence-electron chi connectivity index (χ1n) is 9.01. The highest BCUT2D eigenvalue weighted by molar-refractivity contribution is 7.89. The number of nitrogens with one attached hydrogen (secondary N) is 2. The van der Waals surface area contributed by atoms with E-state index in [4.69, 9.17) is 9.47 Å². The molecule has 1 heterocycles. The first kappa shape index (κ1) is 18.5. The second-order valence-corrected chi connectivity index (χ2v) is 8.36. The van der Waals surface area contributed by atoms with Crippen molar-refractivity contribution in [1.82, 2.24) is 4.72 Å². The molecular formula is C20H20N2O5S. The zero-order valence-corrected chi connectivity index (χ0v) is 15.9. The second-order valence-electron chi connectivity index (χ2n) is 6.65. The van der Waals surface area contributed by atoms with Gasteiger partial charge in [0.25, 0.3) is 0 Å². The van der Waals surface area contributed by atoms with Gasteiger partial charge >= 0.3 is 0 Å². The number of fused-ring (bicyclic) bond motifs is 1. The Hall–Kier alpha value is -2.84. The molecule has 2 N–H and O–H groups in total. The molecule has 0 atom stereocenters. The summed E-state index contributed by atoms with van der Waals surface area (Å²) in [6, 6.07) is 11.7. The molecule has 4 rings (SSSR count). The van der Waals surface area contributed by atoms with Crippen molar-refractivity contribution in [3.8, 4) is 11.5 Å². The number of carbonyl (C=O) groups is 1. The quantitative estimate of drug-likeness (QED) is 0.727. The predicted octanol–water partition coefficient (Wildman–Crippen LogP) is 2.55. The Kier molecular flexibility index (Phi) is 5.06. The van der Waals surface area contributed by atoms with Gasteiger partial charge in [-0.3, -0.25) is 4.79 Å². The van der Waals surface area contributed by atoms with E-state index >= 15 is 0 Å². The van der Waals surface area contributed by atoms with E-state index in [9.17, 15) is 13.2 Å². The van der Waals surface area contributed by atoms with Crippen LogP contribution in [0.5, 0.6) is 11.5 Å². The number of ether oxygens (including phenoxy) is 2. The number of benzene rings is 2. The normalized spacial score (nSPS) is 16.1. The third kappa shape index (κ3) is 4.52. The highest BCUT2D eigenvalue weighted by atomic mass is 32.2. The average molecular weight is 400 g/mol. The third-order valence-electron chi connectivity index (χ3n) is 4.33. The van der Waals surface area contributed by atoms with Crippen LogP contribution in [0, 0.1) is 0 Å². The van der Waals surface area contributed by atoms with Crippen molar-refractivity contribution < 1.29 is 22.7 Å². The lowest BCUT2D eigenvalue weighted by Gasteiger charge is -2.18. The fraction of sp³-hybridized carbons (Fsp3) is 0.250. The van der Waals surface area contributed by atoms with Crippen LogP contribution >= 0.6 is 0 Å². The van der Waals surface area contributed by atoms with E-state index in [0.29, 0.717) is 30.4 Å². The summed E-state index contributed by atoms with van der Waals surface area (Å²) in [5.74, 6) is 0.958. The van der Waals surface area contributed by atoms with Gasteiger partial charge in [0.05, 0.1) is 4.90 Å². The Balaban J connectivity index is 1.37. The molecule has 28 heavy (non-hydrogen) atoms. The van der Waals surface area contributed by atoms with Crippen LogP contribution in [0.1, 0.15) is 18.4 Å². The molecule has 146 valence electrons. The molecule has 2 aromatic carbocycles. The van der Waals surface area contributed by atoms with Crippen LogP contribution < -0.4 is 19.5 Å². The molecule has 0 radical (unpaired) electrons. The number of sulfonamides is 1. The maximum Gasteiger partial charge on any atom is 0.248 e. The Bertz CT molecular complexity index is 1010. The number of amides is 1. The minimum absolute atomic E-state index is 0.0637. The van der Waals surface area contributed by atoms with E-state index in [1.807, 2.05) is 0 Å². The van der Waals surface area contributed by atoms with Gasteiger partial charge in [-0.25, -0.2) is 13.1 Å². The standard InChI is InChI=1S/C20H20N2O5S/c23-20(21-16-6-9-18-19(13-16)27-12-11-26-18)10-3-14-1-7-17(8-2-14)28(24,25)22-15-4-5-15/h1-3,6-10,13,15,22H,4-5,11-12H2,(H,21,23). The summed E-state index contributed by atoms with van der Waals surface area (Å²) in [4.78, 5) is 12.4. The minimum atomic E-state index is -3.47. The summed E-state index contributed by atoms with van der Waals surface area (Å²) in [5.41, 5.74) is 1.33. The lowest BCUT2D eigenvalue weighted by atomic mass is 10.2. The van der Waals surface area contributed by atoms with Crippen molar-refractivity contribution in [1.29, 1.82) is 0 Å². The summed E-state index contributed by atoms with van der Waals surface area (Å²) in [7, 11) is -3.47. The fourth-order valence-electron chi connectivity index (χ4n) is 2.72. The Morgan fingerprint density at radius 3 is 2.43 bits per heavy atom. The van der Waals surface area contributed by atoms with Gasteiger partial charge in [-0.1, -0.05) is 12.1 Å². The Morgan fingerprint density at radius 1 is 1.00 bits per heavy atom. The number of hydrogen-bond donors (Lipinski definition) is 2. The van der Waals surface area contributed by atoms with Crippen molar-refractivity contribution >= 4 is 27.7 Å². The second kappa shape index (κ2) is 7.65. The molecule has 2 aromatic rings. The van der Waals surface area contributed by atoms with Gasteiger partial charge in [0.15, 0.2) is 11.5 Å². The van der Waals surface area contributed by atoms with Crippen molar-refractivity contribution in [2.24, 2.45) is 0 Å². The van der Waals surface area contributed by atoms with E-state index in [-0.39, 0.29) is 16.8 Å². The van der Waals surface area contributed by atoms with Gasteiger partial charge in [0.1, 0.15) is 13.2 Å². The first-order valence-corrected chi connectivity index (χ1v) is 10.5. The van der Waals surface area contributed by atoms with E-state index in [0.717, 1.165) is 18.4 Å². The zero-order chi connectivity index (χ0) is 19.6. The lowest BCUT2D eigenvalue weighted by molar-refractivity contribution is -0.111. The van der Waals surface area contributed by atoms with E-state index < -0.39 is 10.0 Å². The summed E-state index contributed by atoms with van der Waals surface area (Å²) >= 11 is 0. The van der Waals surface area contributed by atoms with Crippen molar-refractivity contribution in [3.63, 3.8) is 0 Å². The topological polar surface area (TPSA) is 93.7 Å². The number of carbonyl (C=O) groups excluding carboxylic acids is 1. The maximum absolute atomic E-state index is 12.2. The largest absolute Gasteiger partial charge is 0.486 e. The van der Waals surface area contributed by atoms with Gasteiger partial charge in [0, 0.05) is 23.9 Å². The van der Waals surface area contributed by atoms with E-state index in [1.54, 1.807) is 36.4 Å². The monoisotopic (exact) mass is 400 g/mol. The summed E-state index contributed by atoms with van der Waals surface area (Å²) < 4.78 is 37.9. The van der Waals surface area contributed by atoms with Gasteiger partial charge in [-0.2, -0.15) is 0 Å². The van der Waals surface area contributed by atoms with Gasteiger partial charge in [0.2, 0.25) is 15.9 Å². The summed E-state index contributed by atoms with van der Waals surface area (Å²) in [6.45, 7) is 0.990. The molecule has 7 nitrogen and oxygen atoms in total. The van der Waals surface area contributed by atoms with Crippen LogP contribution in [0.2, 0.25) is 0 Å². The molecule has 1 fully saturated rings. The molecular weight excluding hydrogens is 380 g/mol. The van der Waals surface area contributed by atoms with E-state index in [2.05, 4.69) is 10.0 Å². The van der Waals surface area contributed by atoms with Crippen LogP contribution in [0.15, 0.2) is 53.4 Å². The molecule has 1 aliphatic carbocycles. The number of hydrogen-bond acceptors (Lipinski definition) is 5. The minimum Gasteiger partial charge on any atom is -0.486 e. The summed E-state index contributed by atoms with van der Waals surface area (Å²) in [5, 5.41) is 2.76. The Labute approximate surface area is 163 Å². The fourth-order valence-corrected chi connectivity index (χ4v) is 4.03. The maximum atomic E-state index is 12.2. The highest BCUT2D eigenvalue weighted by Gasteiger charge is 2.27. The van der Waals surface area contributed by atoms with E-state index in [1.165, 1.54) is 18.2 Å². The summed E-state index contributed by atoms with van der Waals surface area (Å²) in [6.07, 6.45) is 4.79. The average Bonchev–Trinajstić information content (AvgIpc) is 3.50. The van der Waals surface area contributed by atoms with Crippen LogP contribution in [0.25, 0.3) is 6.08 Å². The molecule has 0 aromatic heterocycles. The lowest BCUT2D eigenvalue weighted by Crippen LogP contribution is -2.25. The molecule has 0 saturated heterocycles. The van der Waals surface area contributed by atoms with Crippen LogP contribution in [0.3, 0.4) is 0 Å². The molecule has 0 spiro atoms. The smallest absolute Gasteiger partial charge is 0.248 e. The molecule has 2 aliphatic rings. The molecule has 1 saturated carbocycles. The first-order chi connectivity index (χ1) is 13.5. The number of rotatable bonds is 6. The SMILES string of the molecule is O=C(C=Cc1ccc(S(=O)(=O)NC2CC2)cc1)Nc1ccc2c(c1)OCCO2. The van der Waals surface area contributed by atoms with Crippen LogP contribution in [0.4, 0.5) is 5.69 Å². The zero-order valence-electron chi connectivity index (χ0n) is 15.1.